The van der Waals surface area contributed by atoms with Crippen molar-refractivity contribution in [3.8, 4) is 0 Å². The predicted molar refractivity (Wildman–Crippen MR) is 81.2 cm³/mol. The molecule has 1 heterocycles. The van der Waals surface area contributed by atoms with E-state index in [1.54, 1.807) is 0 Å². The maximum absolute atomic E-state index is 12.1. The minimum Gasteiger partial charge on any atom is -0.384 e. The van der Waals surface area contributed by atoms with Crippen LogP contribution in [0.3, 0.4) is 0 Å². The summed E-state index contributed by atoms with van der Waals surface area (Å²) in [6.45, 7) is 0. The van der Waals surface area contributed by atoms with Gasteiger partial charge in [0, 0.05) is 18.1 Å². The second-order valence-electron chi connectivity index (χ2n) is 4.34. The first kappa shape index (κ1) is 15.3. The first-order chi connectivity index (χ1) is 9.77. The van der Waals surface area contributed by atoms with E-state index in [4.69, 9.17) is 17.3 Å². The van der Waals surface area contributed by atoms with Crippen molar-refractivity contribution in [2.75, 3.05) is 17.3 Å². The number of hydrogen-bond acceptors (Lipinski definition) is 5. The summed E-state index contributed by atoms with van der Waals surface area (Å²) < 4.78 is 22.7. The second kappa shape index (κ2) is 5.71. The van der Waals surface area contributed by atoms with E-state index in [2.05, 4.69) is 10.3 Å². The molecule has 0 bridgehead atoms. The number of rotatable bonds is 3. The van der Waals surface area contributed by atoms with Crippen molar-refractivity contribution in [1.29, 1.82) is 0 Å². The van der Waals surface area contributed by atoms with Crippen molar-refractivity contribution in [3.05, 3.63) is 47.1 Å². The Balaban J connectivity index is 2.22. The van der Waals surface area contributed by atoms with E-state index in [0.29, 0.717) is 5.69 Å². The molecule has 0 aliphatic carbocycles. The van der Waals surface area contributed by atoms with Gasteiger partial charge >= 0.3 is 0 Å². The highest BCUT2D eigenvalue weighted by atomic mass is 35.5. The molecule has 0 atom stereocenters. The van der Waals surface area contributed by atoms with E-state index >= 15 is 0 Å². The molecule has 0 aliphatic rings. The lowest BCUT2D eigenvalue weighted by atomic mass is 10.2. The number of aromatic nitrogens is 1. The van der Waals surface area contributed by atoms with Crippen LogP contribution in [0.1, 0.15) is 10.4 Å². The van der Waals surface area contributed by atoms with Crippen LogP contribution in [0.15, 0.2) is 41.4 Å². The fourth-order valence-electron chi connectivity index (χ4n) is 1.61. The number of carbonyl (C=O) groups excluding carboxylic acids is 1. The van der Waals surface area contributed by atoms with Gasteiger partial charge in [-0.3, -0.25) is 4.79 Å². The van der Waals surface area contributed by atoms with Gasteiger partial charge in [-0.05, 0) is 30.3 Å². The van der Waals surface area contributed by atoms with Crippen LogP contribution in [0.25, 0.3) is 0 Å². The molecule has 2 aromatic rings. The zero-order valence-corrected chi connectivity index (χ0v) is 12.6. The quantitative estimate of drug-likeness (QED) is 0.898. The number of halogens is 1. The van der Waals surface area contributed by atoms with Crippen LogP contribution in [0.2, 0.25) is 5.02 Å². The molecule has 8 heteroatoms. The molecule has 0 spiro atoms. The van der Waals surface area contributed by atoms with Crippen LogP contribution < -0.4 is 11.1 Å². The minimum atomic E-state index is -3.27. The number of anilines is 2. The third kappa shape index (κ3) is 3.71. The molecule has 110 valence electrons. The number of nitrogens with zero attached hydrogens (tertiary/aromatic N) is 1. The fraction of sp³-hybridized carbons (Fsp3) is 0.0769. The molecule has 0 saturated heterocycles. The molecule has 0 saturated carbocycles. The minimum absolute atomic E-state index is 0.173. The second-order valence-corrected chi connectivity index (χ2v) is 6.76. The molecular formula is C13H12ClN3O3S. The average molecular weight is 326 g/mol. The van der Waals surface area contributed by atoms with Crippen LogP contribution in [-0.2, 0) is 9.84 Å². The Kier molecular flexibility index (Phi) is 4.15. The van der Waals surface area contributed by atoms with E-state index in [1.807, 2.05) is 0 Å². The molecule has 3 N–H and O–H groups in total. The van der Waals surface area contributed by atoms with Gasteiger partial charge in [-0.15, -0.1) is 0 Å². The molecule has 1 aromatic heterocycles. The Morgan fingerprint density at radius 2 is 1.90 bits per heavy atom. The Labute approximate surface area is 126 Å². The normalized spacial score (nSPS) is 11.1. The third-order valence-corrected chi connectivity index (χ3v) is 4.09. The van der Waals surface area contributed by atoms with E-state index < -0.39 is 15.7 Å². The van der Waals surface area contributed by atoms with Crippen LogP contribution in [0.5, 0.6) is 0 Å². The van der Waals surface area contributed by atoms with Gasteiger partial charge in [-0.1, -0.05) is 11.6 Å². The molecule has 1 amide bonds. The molecular weight excluding hydrogens is 314 g/mol. The van der Waals surface area contributed by atoms with E-state index in [0.717, 1.165) is 6.26 Å². The smallest absolute Gasteiger partial charge is 0.257 e. The highest BCUT2D eigenvalue weighted by Crippen LogP contribution is 2.19. The van der Waals surface area contributed by atoms with E-state index in [1.165, 1.54) is 36.5 Å². The first-order valence-electron chi connectivity index (χ1n) is 5.80. The predicted octanol–water partition coefficient (Wildman–Crippen LogP) is 1.97. The van der Waals surface area contributed by atoms with Crippen molar-refractivity contribution in [2.24, 2.45) is 0 Å². The van der Waals surface area contributed by atoms with Gasteiger partial charge in [0.05, 0.1) is 15.5 Å². The number of amides is 1. The zero-order valence-electron chi connectivity index (χ0n) is 11.0. The van der Waals surface area contributed by atoms with Gasteiger partial charge in [-0.2, -0.15) is 0 Å². The number of carbonyl (C=O) groups is 1. The fourth-order valence-corrected chi connectivity index (χ4v) is 2.43. The molecule has 0 aliphatic heterocycles. The number of sulfone groups is 1. The molecule has 6 nitrogen and oxygen atoms in total. The van der Waals surface area contributed by atoms with Crippen LogP contribution in [-0.4, -0.2) is 25.6 Å². The van der Waals surface area contributed by atoms with Crippen molar-refractivity contribution >= 4 is 38.9 Å². The molecule has 21 heavy (non-hydrogen) atoms. The monoisotopic (exact) mass is 325 g/mol. The third-order valence-electron chi connectivity index (χ3n) is 2.66. The van der Waals surface area contributed by atoms with Crippen LogP contribution >= 0.6 is 11.6 Å². The summed E-state index contributed by atoms with van der Waals surface area (Å²) in [5.41, 5.74) is 6.14. The summed E-state index contributed by atoms with van der Waals surface area (Å²) in [5, 5.41) is 2.78. The first-order valence-corrected chi connectivity index (χ1v) is 8.07. The number of nitrogens with two attached hydrogens (primary N) is 1. The molecule has 1 aromatic carbocycles. The molecule has 0 fully saturated rings. The summed E-state index contributed by atoms with van der Waals surface area (Å²) in [4.78, 5) is 16.0. The Morgan fingerprint density at radius 3 is 2.48 bits per heavy atom. The lowest BCUT2D eigenvalue weighted by molar-refractivity contribution is 0.102. The molecule has 2 rings (SSSR count). The zero-order chi connectivity index (χ0) is 15.6. The largest absolute Gasteiger partial charge is 0.384 e. The summed E-state index contributed by atoms with van der Waals surface area (Å²) in [5.74, 6) is -0.279. The summed E-state index contributed by atoms with van der Waals surface area (Å²) in [6, 6.07) is 7.17. The topological polar surface area (TPSA) is 102 Å². The molecule has 0 unspecified atom stereocenters. The maximum Gasteiger partial charge on any atom is 0.257 e. The van der Waals surface area contributed by atoms with Crippen molar-refractivity contribution in [2.45, 2.75) is 4.90 Å². The van der Waals surface area contributed by atoms with Crippen LogP contribution in [0, 0.1) is 0 Å². The van der Waals surface area contributed by atoms with E-state index in [-0.39, 0.29) is 21.3 Å². The number of hydrogen-bond donors (Lipinski definition) is 2. The van der Waals surface area contributed by atoms with Gasteiger partial charge in [0.25, 0.3) is 5.91 Å². The van der Waals surface area contributed by atoms with Crippen molar-refractivity contribution in [3.63, 3.8) is 0 Å². The number of nitrogens with one attached hydrogen (secondary N) is 1. The summed E-state index contributed by atoms with van der Waals surface area (Å²) in [6.07, 6.45) is 2.40. The van der Waals surface area contributed by atoms with Gasteiger partial charge < -0.3 is 11.1 Å². The Morgan fingerprint density at radius 1 is 1.29 bits per heavy atom. The van der Waals surface area contributed by atoms with Gasteiger partial charge in [0.2, 0.25) is 0 Å². The lowest BCUT2D eigenvalue weighted by Crippen LogP contribution is -2.13. The van der Waals surface area contributed by atoms with E-state index in [9.17, 15) is 13.2 Å². The average Bonchev–Trinajstić information content (AvgIpc) is 2.41. The lowest BCUT2D eigenvalue weighted by Gasteiger charge is -2.07. The number of benzene rings is 1. The summed E-state index contributed by atoms with van der Waals surface area (Å²) in [7, 11) is -3.27. The van der Waals surface area contributed by atoms with Crippen molar-refractivity contribution < 1.29 is 13.2 Å². The number of nitrogen functional groups attached to an aromatic ring is 1. The highest BCUT2D eigenvalue weighted by Gasteiger charge is 2.12. The standard InChI is InChI=1S/C13H12ClN3O3S/c1-21(19,20)9-4-2-8(3-5-9)17-13(18)10-6-12(15)16-7-11(10)14/h2-7H,1H3,(H2,15,16)(H,17,18). The van der Waals surface area contributed by atoms with Gasteiger partial charge in [0.1, 0.15) is 5.82 Å². The van der Waals surface area contributed by atoms with Crippen molar-refractivity contribution in [1.82, 2.24) is 4.98 Å². The molecule has 0 radical (unpaired) electrons. The van der Waals surface area contributed by atoms with Gasteiger partial charge in [0.15, 0.2) is 9.84 Å². The Hall–Kier alpha value is -2.12. The maximum atomic E-state index is 12.1. The Bertz CT molecular complexity index is 789. The van der Waals surface area contributed by atoms with Crippen LogP contribution in [0.4, 0.5) is 11.5 Å². The van der Waals surface area contributed by atoms with Gasteiger partial charge in [-0.25, -0.2) is 13.4 Å². The highest BCUT2D eigenvalue weighted by molar-refractivity contribution is 7.90. The SMILES string of the molecule is CS(=O)(=O)c1ccc(NC(=O)c2cc(N)ncc2Cl)cc1. The summed E-state index contributed by atoms with van der Waals surface area (Å²) >= 11 is 5.88. The number of pyridine rings is 1.